The molecule has 1 aromatic heterocycles. The molecule has 3 aromatic rings. The zero-order chi connectivity index (χ0) is 19.4. The molecule has 0 spiro atoms. The molecule has 0 fully saturated rings. The Balaban J connectivity index is 0.00000280. The number of nitrogens with zero attached hydrogens (tertiary/aromatic N) is 1. The molecule has 0 aliphatic carbocycles. The van der Waals surface area contributed by atoms with Crippen LogP contribution in [0.3, 0.4) is 0 Å². The van der Waals surface area contributed by atoms with Crippen LogP contribution in [0.1, 0.15) is 24.3 Å². The molecule has 3 rings (SSSR count). The molecule has 0 atom stereocenters. The smallest absolute Gasteiger partial charge is 0.354 e. The first-order valence-electron chi connectivity index (χ1n) is 8.68. The second kappa shape index (κ2) is 10.1. The van der Waals surface area contributed by atoms with Gasteiger partial charge in [-0.2, -0.15) is 0 Å². The maximum absolute atomic E-state index is 11.3. The van der Waals surface area contributed by atoms with Gasteiger partial charge in [-0.1, -0.05) is 55.8 Å². The third-order valence-electron chi connectivity index (χ3n) is 3.98. The molecule has 1 heterocycles. The molecule has 1 radical (unpaired) electrons. The molecule has 0 bridgehead atoms. The van der Waals surface area contributed by atoms with E-state index in [-0.39, 0.29) is 35.3 Å². The van der Waals surface area contributed by atoms with Crippen LogP contribution in [0.25, 0.3) is 22.4 Å². The Morgan fingerprint density at radius 2 is 1.75 bits per heavy atom. The van der Waals surface area contributed by atoms with E-state index in [9.17, 15) is 9.90 Å². The predicted octanol–water partition coefficient (Wildman–Crippen LogP) is 5.42. The summed E-state index contributed by atoms with van der Waals surface area (Å²) in [5.41, 5.74) is 3.14. The standard InChI is InChI=1S/C22H20ClNO3.Na/c1-14(2)13-27-21-11-10-15(23)12-18(21)16-6-3-4-7-17(16)19-8-5-9-20(24-19)22(25)26;/h3-12,14H,13H2,1-2H3,(H,25,26);. The fourth-order valence-electron chi connectivity index (χ4n) is 2.74. The van der Waals surface area contributed by atoms with E-state index in [0.717, 1.165) is 22.4 Å². The molecule has 1 N–H and O–H groups in total. The molecule has 0 saturated carbocycles. The minimum absolute atomic E-state index is 0. The first-order valence-corrected chi connectivity index (χ1v) is 9.06. The van der Waals surface area contributed by atoms with E-state index in [2.05, 4.69) is 18.8 Å². The van der Waals surface area contributed by atoms with Gasteiger partial charge in [0, 0.05) is 45.7 Å². The van der Waals surface area contributed by atoms with Crippen molar-refractivity contribution in [2.45, 2.75) is 13.8 Å². The summed E-state index contributed by atoms with van der Waals surface area (Å²) in [5.74, 6) is 0.0608. The number of carboxylic acids is 1. The van der Waals surface area contributed by atoms with E-state index >= 15 is 0 Å². The van der Waals surface area contributed by atoms with Gasteiger partial charge in [-0.15, -0.1) is 0 Å². The van der Waals surface area contributed by atoms with Gasteiger partial charge in [-0.05, 0) is 41.8 Å². The molecule has 0 amide bonds. The third kappa shape index (κ3) is 5.36. The summed E-state index contributed by atoms with van der Waals surface area (Å²) in [7, 11) is 0. The number of ether oxygens (including phenoxy) is 1. The molecular weight excluding hydrogens is 385 g/mol. The van der Waals surface area contributed by atoms with E-state index < -0.39 is 5.97 Å². The van der Waals surface area contributed by atoms with Crippen LogP contribution in [0.15, 0.2) is 60.7 Å². The van der Waals surface area contributed by atoms with Gasteiger partial charge in [0.05, 0.1) is 12.3 Å². The summed E-state index contributed by atoms with van der Waals surface area (Å²) in [6.45, 7) is 4.76. The summed E-state index contributed by atoms with van der Waals surface area (Å²) in [4.78, 5) is 15.6. The Labute approximate surface area is 191 Å². The van der Waals surface area contributed by atoms with Gasteiger partial charge in [-0.3, -0.25) is 0 Å². The van der Waals surface area contributed by atoms with E-state index in [1.54, 1.807) is 18.2 Å². The van der Waals surface area contributed by atoms with Gasteiger partial charge in [-0.25, -0.2) is 9.78 Å². The van der Waals surface area contributed by atoms with Crippen LogP contribution in [0.2, 0.25) is 5.02 Å². The first-order chi connectivity index (χ1) is 13.0. The van der Waals surface area contributed by atoms with Crippen molar-refractivity contribution >= 4 is 47.1 Å². The van der Waals surface area contributed by atoms with Crippen molar-refractivity contribution in [2.75, 3.05) is 6.61 Å². The Hall–Kier alpha value is -1.85. The second-order valence-electron chi connectivity index (χ2n) is 6.60. The number of carboxylic acid groups (broad SMARTS) is 1. The van der Waals surface area contributed by atoms with Gasteiger partial charge in [0.25, 0.3) is 0 Å². The normalized spacial score (nSPS) is 10.4. The van der Waals surface area contributed by atoms with Crippen molar-refractivity contribution in [3.8, 4) is 28.1 Å². The Morgan fingerprint density at radius 1 is 1.04 bits per heavy atom. The Morgan fingerprint density at radius 3 is 2.43 bits per heavy atom. The average Bonchev–Trinajstić information content (AvgIpc) is 2.67. The summed E-state index contributed by atoms with van der Waals surface area (Å²) in [5, 5.41) is 9.85. The number of halogens is 1. The van der Waals surface area contributed by atoms with Crippen molar-refractivity contribution in [1.29, 1.82) is 0 Å². The number of hydrogen-bond donors (Lipinski definition) is 1. The zero-order valence-electron chi connectivity index (χ0n) is 16.1. The molecule has 0 saturated heterocycles. The summed E-state index contributed by atoms with van der Waals surface area (Å²) in [6.07, 6.45) is 0. The van der Waals surface area contributed by atoms with Crippen LogP contribution in [-0.2, 0) is 0 Å². The molecule has 0 aliphatic heterocycles. The number of benzene rings is 2. The van der Waals surface area contributed by atoms with Gasteiger partial charge in [0.1, 0.15) is 11.4 Å². The number of pyridine rings is 1. The summed E-state index contributed by atoms with van der Waals surface area (Å²) >= 11 is 6.25. The fraction of sp³-hybridized carbons (Fsp3) is 0.182. The first kappa shape index (κ1) is 22.4. The minimum Gasteiger partial charge on any atom is -0.493 e. The van der Waals surface area contributed by atoms with Crippen LogP contribution in [-0.4, -0.2) is 52.2 Å². The number of aromatic nitrogens is 1. The van der Waals surface area contributed by atoms with Crippen LogP contribution in [0.5, 0.6) is 5.75 Å². The van der Waals surface area contributed by atoms with Crippen LogP contribution < -0.4 is 4.74 Å². The van der Waals surface area contributed by atoms with E-state index in [1.165, 1.54) is 6.07 Å². The minimum atomic E-state index is -1.06. The summed E-state index contributed by atoms with van der Waals surface area (Å²) < 4.78 is 5.99. The number of hydrogen-bond acceptors (Lipinski definition) is 3. The van der Waals surface area contributed by atoms with Crippen molar-refractivity contribution < 1.29 is 14.6 Å². The molecule has 0 unspecified atom stereocenters. The number of carbonyl (C=O) groups is 1. The van der Waals surface area contributed by atoms with Crippen LogP contribution in [0.4, 0.5) is 0 Å². The maximum atomic E-state index is 11.3. The second-order valence-corrected chi connectivity index (χ2v) is 7.04. The molecule has 28 heavy (non-hydrogen) atoms. The SMILES string of the molecule is CC(C)COc1ccc(Cl)cc1-c1ccccc1-c1cccc(C(=O)O)n1.[Na]. The maximum Gasteiger partial charge on any atom is 0.354 e. The van der Waals surface area contributed by atoms with Gasteiger partial charge in [0.15, 0.2) is 0 Å². The Kier molecular flexibility index (Phi) is 8.08. The van der Waals surface area contributed by atoms with Crippen molar-refractivity contribution in [1.82, 2.24) is 4.98 Å². The molecule has 4 nitrogen and oxygen atoms in total. The van der Waals surface area contributed by atoms with E-state index in [1.807, 2.05) is 36.4 Å². The van der Waals surface area contributed by atoms with Crippen molar-refractivity contribution in [3.05, 3.63) is 71.4 Å². The molecule has 139 valence electrons. The molecular formula is C22H20ClNNaO3. The zero-order valence-corrected chi connectivity index (χ0v) is 18.9. The molecule has 6 heteroatoms. The quantitative estimate of drug-likeness (QED) is 0.557. The number of rotatable bonds is 6. The van der Waals surface area contributed by atoms with E-state index in [0.29, 0.717) is 23.2 Å². The Bertz CT molecular complexity index is 976. The van der Waals surface area contributed by atoms with E-state index in [4.69, 9.17) is 16.3 Å². The average molecular weight is 405 g/mol. The van der Waals surface area contributed by atoms with Crippen molar-refractivity contribution in [3.63, 3.8) is 0 Å². The predicted molar refractivity (Wildman–Crippen MR) is 113 cm³/mol. The fourth-order valence-corrected chi connectivity index (χ4v) is 2.91. The third-order valence-corrected chi connectivity index (χ3v) is 4.21. The molecule has 2 aromatic carbocycles. The topological polar surface area (TPSA) is 59.4 Å². The van der Waals surface area contributed by atoms with Crippen LogP contribution >= 0.6 is 11.6 Å². The van der Waals surface area contributed by atoms with Gasteiger partial charge < -0.3 is 9.84 Å². The van der Waals surface area contributed by atoms with Crippen molar-refractivity contribution in [2.24, 2.45) is 5.92 Å². The summed E-state index contributed by atoms with van der Waals surface area (Å²) in [6, 6.07) is 18.2. The molecule has 0 aliphatic rings. The van der Waals surface area contributed by atoms with Crippen LogP contribution in [0, 0.1) is 5.92 Å². The largest absolute Gasteiger partial charge is 0.493 e. The van der Waals surface area contributed by atoms with Gasteiger partial charge >= 0.3 is 5.97 Å². The van der Waals surface area contributed by atoms with Gasteiger partial charge in [0.2, 0.25) is 0 Å². The number of aromatic carboxylic acids is 1. The monoisotopic (exact) mass is 404 g/mol.